The van der Waals surface area contributed by atoms with E-state index in [1.54, 1.807) is 6.07 Å². The third-order valence-corrected chi connectivity index (χ3v) is 3.22. The Morgan fingerprint density at radius 3 is 2.89 bits per heavy atom. The lowest BCUT2D eigenvalue weighted by atomic mass is 10.2. The molecule has 6 heteroatoms. The van der Waals surface area contributed by atoms with Gasteiger partial charge in [-0.15, -0.1) is 0 Å². The second kappa shape index (κ2) is 5.88. The van der Waals surface area contributed by atoms with Crippen LogP contribution in [0.25, 0.3) is 0 Å². The van der Waals surface area contributed by atoms with E-state index in [0.29, 0.717) is 12.3 Å². The normalized spacial score (nSPS) is 10.3. The molecule has 4 nitrogen and oxygen atoms in total. The average Bonchev–Trinajstić information content (AvgIpc) is 2.82. The number of hydrogen-bond donors (Lipinski definition) is 1. The van der Waals surface area contributed by atoms with Gasteiger partial charge in [-0.3, -0.25) is 0 Å². The van der Waals surface area contributed by atoms with Crippen LogP contribution in [0.15, 0.2) is 39.4 Å². The van der Waals surface area contributed by atoms with Gasteiger partial charge in [0.15, 0.2) is 0 Å². The molecule has 0 saturated heterocycles. The lowest BCUT2D eigenvalue weighted by molar-refractivity contribution is 0.0600. The minimum atomic E-state index is -0.512. The van der Waals surface area contributed by atoms with Crippen molar-refractivity contribution in [3.05, 3.63) is 52.1 Å². The first-order valence-corrected chi connectivity index (χ1v) is 6.24. The highest BCUT2D eigenvalue weighted by molar-refractivity contribution is 9.10. The molecule has 1 N–H and O–H groups in total. The summed E-state index contributed by atoms with van der Waals surface area (Å²) >= 11 is 3.31. The topological polar surface area (TPSA) is 51.5 Å². The molecule has 0 radical (unpaired) electrons. The number of carbonyl (C=O) groups is 1. The maximum atomic E-state index is 13.6. The summed E-state index contributed by atoms with van der Waals surface area (Å²) in [4.78, 5) is 11.4. The van der Waals surface area contributed by atoms with Gasteiger partial charge in [-0.1, -0.05) is 0 Å². The molecule has 2 aromatic rings. The van der Waals surface area contributed by atoms with Crippen molar-refractivity contribution in [1.29, 1.82) is 0 Å². The van der Waals surface area contributed by atoms with E-state index in [2.05, 4.69) is 26.0 Å². The maximum Gasteiger partial charge on any atom is 0.337 e. The second-order valence-corrected chi connectivity index (χ2v) is 4.59. The molecule has 0 aliphatic carbocycles. The number of ether oxygens (including phenoxy) is 1. The third-order valence-electron chi connectivity index (χ3n) is 2.52. The largest absolute Gasteiger partial charge is 0.466 e. The molecule has 0 aliphatic heterocycles. The minimum absolute atomic E-state index is 0.214. The van der Waals surface area contributed by atoms with Crippen LogP contribution in [0.5, 0.6) is 0 Å². The first-order valence-electron chi connectivity index (χ1n) is 5.45. The van der Waals surface area contributed by atoms with Crippen LogP contribution in [0.4, 0.5) is 10.1 Å². The number of furan rings is 1. The molecular weight excluding hydrogens is 317 g/mol. The quantitative estimate of drug-likeness (QED) is 0.872. The molecule has 19 heavy (non-hydrogen) atoms. The molecular formula is C13H11BrFNO3. The molecule has 0 bridgehead atoms. The monoisotopic (exact) mass is 327 g/mol. The van der Waals surface area contributed by atoms with Crippen LogP contribution in [0.1, 0.15) is 16.1 Å². The Balaban J connectivity index is 2.15. The van der Waals surface area contributed by atoms with Crippen LogP contribution in [0.3, 0.4) is 0 Å². The molecule has 1 heterocycles. The summed E-state index contributed by atoms with van der Waals surface area (Å²) in [5, 5.41) is 2.87. The Morgan fingerprint density at radius 2 is 2.26 bits per heavy atom. The van der Waals surface area contributed by atoms with Gasteiger partial charge < -0.3 is 14.5 Å². The van der Waals surface area contributed by atoms with Crippen molar-refractivity contribution in [2.45, 2.75) is 6.54 Å². The summed E-state index contributed by atoms with van der Waals surface area (Å²) in [5.74, 6) is -0.319. The van der Waals surface area contributed by atoms with E-state index in [4.69, 9.17) is 4.42 Å². The molecule has 0 spiro atoms. The molecule has 0 fully saturated rings. The van der Waals surface area contributed by atoms with Crippen LogP contribution in [0.2, 0.25) is 0 Å². The molecule has 0 atom stereocenters. The van der Waals surface area contributed by atoms with Crippen LogP contribution >= 0.6 is 15.9 Å². The summed E-state index contributed by atoms with van der Waals surface area (Å²) < 4.78 is 24.2. The molecule has 0 amide bonds. The molecule has 0 saturated carbocycles. The Morgan fingerprint density at radius 1 is 1.47 bits per heavy atom. The van der Waals surface area contributed by atoms with Gasteiger partial charge in [0.25, 0.3) is 0 Å². The van der Waals surface area contributed by atoms with Crippen LogP contribution in [0, 0.1) is 5.82 Å². The van der Waals surface area contributed by atoms with Gasteiger partial charge in [0, 0.05) is 0 Å². The Labute approximate surface area is 117 Å². The predicted molar refractivity (Wildman–Crippen MR) is 71.5 cm³/mol. The average molecular weight is 328 g/mol. The lowest BCUT2D eigenvalue weighted by Crippen LogP contribution is -2.05. The Kier molecular flexibility index (Phi) is 4.21. The maximum absolute atomic E-state index is 13.6. The summed E-state index contributed by atoms with van der Waals surface area (Å²) in [5.41, 5.74) is 0.496. The second-order valence-electron chi connectivity index (χ2n) is 3.73. The number of methoxy groups -OCH3 is 1. The van der Waals surface area contributed by atoms with Gasteiger partial charge in [-0.2, -0.15) is 0 Å². The summed E-state index contributed by atoms with van der Waals surface area (Å²) in [6.07, 6.45) is 1.53. The fourth-order valence-corrected chi connectivity index (χ4v) is 1.87. The van der Waals surface area contributed by atoms with Crippen LogP contribution in [-0.2, 0) is 11.3 Å². The highest BCUT2D eigenvalue weighted by Gasteiger charge is 2.11. The standard InChI is InChI=1S/C13H11BrFNO3/c1-18-13(17)8-2-3-10(15)11(6-8)16-7-12-9(14)4-5-19-12/h2-6,16H,7H2,1H3. The molecule has 1 aromatic carbocycles. The highest BCUT2D eigenvalue weighted by Crippen LogP contribution is 2.21. The number of rotatable bonds is 4. The van der Waals surface area contributed by atoms with E-state index in [-0.39, 0.29) is 11.3 Å². The third kappa shape index (κ3) is 3.14. The zero-order valence-corrected chi connectivity index (χ0v) is 11.7. The number of halogens is 2. The lowest BCUT2D eigenvalue weighted by Gasteiger charge is -2.08. The summed E-state index contributed by atoms with van der Waals surface area (Å²) in [6, 6.07) is 5.73. The first-order chi connectivity index (χ1) is 9.11. The predicted octanol–water partition coefficient (Wildman–Crippen LogP) is 3.58. The Hall–Kier alpha value is -1.82. The van der Waals surface area contributed by atoms with E-state index < -0.39 is 11.8 Å². The van der Waals surface area contributed by atoms with Crippen molar-refractivity contribution in [2.75, 3.05) is 12.4 Å². The molecule has 100 valence electrons. The molecule has 0 unspecified atom stereocenters. The van der Waals surface area contributed by atoms with Crippen molar-refractivity contribution in [3.8, 4) is 0 Å². The smallest absolute Gasteiger partial charge is 0.337 e. The van der Waals surface area contributed by atoms with Crippen molar-refractivity contribution in [3.63, 3.8) is 0 Å². The Bertz CT molecular complexity index is 597. The molecule has 0 aliphatic rings. The fraction of sp³-hybridized carbons (Fsp3) is 0.154. The van der Waals surface area contributed by atoms with E-state index in [0.717, 1.165) is 4.47 Å². The van der Waals surface area contributed by atoms with Gasteiger partial charge in [-0.05, 0) is 40.2 Å². The zero-order chi connectivity index (χ0) is 13.8. The van der Waals surface area contributed by atoms with Gasteiger partial charge in [0.2, 0.25) is 0 Å². The van der Waals surface area contributed by atoms with Crippen LogP contribution < -0.4 is 5.32 Å². The molecule has 1 aromatic heterocycles. The highest BCUT2D eigenvalue weighted by atomic mass is 79.9. The number of esters is 1. The van der Waals surface area contributed by atoms with Crippen molar-refractivity contribution in [2.24, 2.45) is 0 Å². The number of hydrogen-bond acceptors (Lipinski definition) is 4. The molecule has 2 rings (SSSR count). The number of anilines is 1. The van der Waals surface area contributed by atoms with Crippen molar-refractivity contribution in [1.82, 2.24) is 0 Å². The van der Waals surface area contributed by atoms with Gasteiger partial charge in [0.1, 0.15) is 11.6 Å². The zero-order valence-electron chi connectivity index (χ0n) is 10.1. The van der Waals surface area contributed by atoms with Crippen molar-refractivity contribution < 1.29 is 18.3 Å². The number of nitrogens with one attached hydrogen (secondary N) is 1. The van der Waals surface area contributed by atoms with E-state index >= 15 is 0 Å². The summed E-state index contributed by atoms with van der Waals surface area (Å²) in [6.45, 7) is 0.301. The summed E-state index contributed by atoms with van der Waals surface area (Å²) in [7, 11) is 1.28. The van der Waals surface area contributed by atoms with Gasteiger partial charge in [0.05, 0.1) is 35.6 Å². The minimum Gasteiger partial charge on any atom is -0.466 e. The van der Waals surface area contributed by atoms with Gasteiger partial charge >= 0.3 is 5.97 Å². The van der Waals surface area contributed by atoms with Crippen molar-refractivity contribution >= 4 is 27.6 Å². The van der Waals surface area contributed by atoms with E-state index in [1.165, 1.54) is 31.6 Å². The van der Waals surface area contributed by atoms with E-state index in [1.807, 2.05) is 0 Å². The van der Waals surface area contributed by atoms with Crippen LogP contribution in [-0.4, -0.2) is 13.1 Å². The fourth-order valence-electron chi connectivity index (χ4n) is 1.53. The van der Waals surface area contributed by atoms with E-state index in [9.17, 15) is 9.18 Å². The number of benzene rings is 1. The number of carbonyl (C=O) groups excluding carboxylic acids is 1. The van der Waals surface area contributed by atoms with Gasteiger partial charge in [-0.25, -0.2) is 9.18 Å². The SMILES string of the molecule is COC(=O)c1ccc(F)c(NCc2occc2Br)c1. The first kappa shape index (κ1) is 13.6.